The number of carbonyl (C=O) groups excluding carboxylic acids is 1. The number of hydrogen-bond donors (Lipinski definition) is 1. The average Bonchev–Trinajstić information content (AvgIpc) is 2.32. The van der Waals surface area contributed by atoms with E-state index in [1.165, 1.54) is 0 Å². The van der Waals surface area contributed by atoms with Crippen molar-refractivity contribution in [3.63, 3.8) is 0 Å². The van der Waals surface area contributed by atoms with E-state index in [-0.39, 0.29) is 12.0 Å². The van der Waals surface area contributed by atoms with Gasteiger partial charge in [0.05, 0.1) is 6.61 Å². The van der Waals surface area contributed by atoms with Gasteiger partial charge in [0.25, 0.3) is 0 Å². The Kier molecular flexibility index (Phi) is 6.89. The van der Waals surface area contributed by atoms with Crippen LogP contribution < -0.4 is 5.73 Å². The summed E-state index contributed by atoms with van der Waals surface area (Å²) in [5, 5.41) is 0. The highest BCUT2D eigenvalue weighted by molar-refractivity contribution is 9.11. The van der Waals surface area contributed by atoms with Crippen molar-refractivity contribution >= 4 is 37.8 Å². The van der Waals surface area contributed by atoms with Crippen LogP contribution in [0.3, 0.4) is 0 Å². The summed E-state index contributed by atoms with van der Waals surface area (Å²) >= 11 is 6.91. The first-order chi connectivity index (χ1) is 8.54. The van der Waals surface area contributed by atoms with Crippen LogP contribution in [-0.4, -0.2) is 12.6 Å². The summed E-state index contributed by atoms with van der Waals surface area (Å²) in [6, 6.07) is 5.84. The number of ether oxygens (including phenoxy) is 1. The summed E-state index contributed by atoms with van der Waals surface area (Å²) < 4.78 is 6.87. The molecular weight excluding hydrogens is 362 g/mol. The minimum Gasteiger partial charge on any atom is -0.466 e. The fourth-order valence-electron chi connectivity index (χ4n) is 1.65. The van der Waals surface area contributed by atoms with Gasteiger partial charge in [0.2, 0.25) is 0 Å². The Hall–Kier alpha value is -0.390. The van der Waals surface area contributed by atoms with Crippen molar-refractivity contribution in [2.75, 3.05) is 6.61 Å². The minimum absolute atomic E-state index is 0.0775. The van der Waals surface area contributed by atoms with Crippen LogP contribution in [0.1, 0.15) is 37.8 Å². The van der Waals surface area contributed by atoms with Crippen LogP contribution in [0.2, 0.25) is 0 Å². The molecular formula is C13H17Br2NO2. The fraction of sp³-hybridized carbons (Fsp3) is 0.462. The molecule has 18 heavy (non-hydrogen) atoms. The Balaban J connectivity index is 2.47. The van der Waals surface area contributed by atoms with Gasteiger partial charge in [0.1, 0.15) is 0 Å². The lowest BCUT2D eigenvalue weighted by molar-refractivity contribution is -0.143. The minimum atomic E-state index is -0.155. The molecule has 0 heterocycles. The Labute approximate surface area is 124 Å². The molecule has 0 aliphatic carbocycles. The molecule has 1 unspecified atom stereocenters. The molecule has 3 nitrogen and oxygen atoms in total. The molecule has 0 fully saturated rings. The first-order valence-corrected chi connectivity index (χ1v) is 7.49. The molecule has 0 radical (unpaired) electrons. The maximum absolute atomic E-state index is 11.2. The standard InChI is InChI=1S/C13H17Br2NO2/c1-2-18-13(17)5-3-4-12(16)10-8-9(14)6-7-11(10)15/h6-8,12H,2-5,16H2,1H3. The van der Waals surface area contributed by atoms with E-state index in [1.54, 1.807) is 0 Å². The molecule has 1 aromatic rings. The molecule has 5 heteroatoms. The SMILES string of the molecule is CCOC(=O)CCCC(N)c1cc(Br)ccc1Br. The molecule has 2 N–H and O–H groups in total. The van der Waals surface area contributed by atoms with Gasteiger partial charge >= 0.3 is 5.97 Å². The largest absolute Gasteiger partial charge is 0.466 e. The van der Waals surface area contributed by atoms with Gasteiger partial charge in [-0.2, -0.15) is 0 Å². The normalized spacial score (nSPS) is 12.2. The van der Waals surface area contributed by atoms with E-state index in [2.05, 4.69) is 31.9 Å². The van der Waals surface area contributed by atoms with Gasteiger partial charge in [-0.1, -0.05) is 31.9 Å². The molecule has 0 amide bonds. The van der Waals surface area contributed by atoms with Gasteiger partial charge in [-0.3, -0.25) is 4.79 Å². The van der Waals surface area contributed by atoms with Crippen LogP contribution in [0.5, 0.6) is 0 Å². The van der Waals surface area contributed by atoms with E-state index >= 15 is 0 Å². The second kappa shape index (κ2) is 7.92. The zero-order chi connectivity index (χ0) is 13.5. The third-order valence-corrected chi connectivity index (χ3v) is 3.77. The summed E-state index contributed by atoms with van der Waals surface area (Å²) in [6.07, 6.45) is 1.92. The number of halogens is 2. The lowest BCUT2D eigenvalue weighted by atomic mass is 10.0. The van der Waals surface area contributed by atoms with Crippen molar-refractivity contribution in [3.05, 3.63) is 32.7 Å². The van der Waals surface area contributed by atoms with Crippen LogP contribution in [0.4, 0.5) is 0 Å². The topological polar surface area (TPSA) is 52.3 Å². The summed E-state index contributed by atoms with van der Waals surface area (Å²) in [6.45, 7) is 2.24. The van der Waals surface area contributed by atoms with Crippen molar-refractivity contribution < 1.29 is 9.53 Å². The lowest BCUT2D eigenvalue weighted by Crippen LogP contribution is -2.12. The highest BCUT2D eigenvalue weighted by Crippen LogP contribution is 2.28. The molecule has 0 aromatic heterocycles. The van der Waals surface area contributed by atoms with Crippen molar-refractivity contribution in [3.8, 4) is 0 Å². The van der Waals surface area contributed by atoms with Crippen molar-refractivity contribution in [1.82, 2.24) is 0 Å². The zero-order valence-electron chi connectivity index (χ0n) is 10.3. The summed E-state index contributed by atoms with van der Waals surface area (Å²) in [7, 11) is 0. The van der Waals surface area contributed by atoms with Crippen LogP contribution in [0, 0.1) is 0 Å². The monoisotopic (exact) mass is 377 g/mol. The molecule has 1 atom stereocenters. The molecule has 0 bridgehead atoms. The van der Waals surface area contributed by atoms with E-state index < -0.39 is 0 Å². The quantitative estimate of drug-likeness (QED) is 0.762. The van der Waals surface area contributed by atoms with Crippen molar-refractivity contribution in [1.29, 1.82) is 0 Å². The average molecular weight is 379 g/mol. The molecule has 0 spiro atoms. The van der Waals surface area contributed by atoms with E-state index in [4.69, 9.17) is 10.5 Å². The number of rotatable bonds is 6. The van der Waals surface area contributed by atoms with Crippen LogP contribution >= 0.6 is 31.9 Å². The van der Waals surface area contributed by atoms with Gasteiger partial charge in [-0.05, 0) is 43.5 Å². The predicted octanol–water partition coefficient (Wildman–Crippen LogP) is 3.94. The van der Waals surface area contributed by atoms with Crippen LogP contribution in [0.25, 0.3) is 0 Å². The number of nitrogens with two attached hydrogens (primary N) is 1. The van der Waals surface area contributed by atoms with Gasteiger partial charge < -0.3 is 10.5 Å². The molecule has 0 aliphatic rings. The molecule has 1 rings (SSSR count). The third kappa shape index (κ3) is 5.08. The number of benzene rings is 1. The van der Waals surface area contributed by atoms with E-state index in [1.807, 2.05) is 25.1 Å². The maximum atomic E-state index is 11.2. The molecule has 0 saturated heterocycles. The first kappa shape index (κ1) is 15.7. The Morgan fingerprint density at radius 1 is 1.44 bits per heavy atom. The predicted molar refractivity (Wildman–Crippen MR) is 79.3 cm³/mol. The highest BCUT2D eigenvalue weighted by Gasteiger charge is 2.11. The highest BCUT2D eigenvalue weighted by atomic mass is 79.9. The zero-order valence-corrected chi connectivity index (χ0v) is 13.5. The smallest absolute Gasteiger partial charge is 0.305 e. The molecule has 1 aromatic carbocycles. The maximum Gasteiger partial charge on any atom is 0.305 e. The summed E-state index contributed by atoms with van der Waals surface area (Å²) in [5.41, 5.74) is 7.17. The van der Waals surface area contributed by atoms with Gasteiger partial charge in [0.15, 0.2) is 0 Å². The van der Waals surface area contributed by atoms with E-state index in [0.717, 1.165) is 27.4 Å². The van der Waals surface area contributed by atoms with Crippen molar-refractivity contribution in [2.45, 2.75) is 32.2 Å². The third-order valence-electron chi connectivity index (χ3n) is 2.56. The van der Waals surface area contributed by atoms with E-state index in [0.29, 0.717) is 13.0 Å². The van der Waals surface area contributed by atoms with Crippen molar-refractivity contribution in [2.24, 2.45) is 5.73 Å². The van der Waals surface area contributed by atoms with Gasteiger partial charge in [-0.15, -0.1) is 0 Å². The second-order valence-electron chi connectivity index (χ2n) is 3.97. The fourth-order valence-corrected chi connectivity index (χ4v) is 2.57. The number of carbonyl (C=O) groups is 1. The Morgan fingerprint density at radius 2 is 2.17 bits per heavy atom. The number of hydrogen-bond acceptors (Lipinski definition) is 3. The molecule has 100 valence electrons. The molecule has 0 aliphatic heterocycles. The Bertz CT molecular complexity index is 410. The second-order valence-corrected chi connectivity index (χ2v) is 5.74. The van der Waals surface area contributed by atoms with Gasteiger partial charge in [0, 0.05) is 21.4 Å². The van der Waals surface area contributed by atoms with Crippen LogP contribution in [0.15, 0.2) is 27.1 Å². The van der Waals surface area contributed by atoms with Gasteiger partial charge in [-0.25, -0.2) is 0 Å². The Morgan fingerprint density at radius 3 is 2.83 bits per heavy atom. The van der Waals surface area contributed by atoms with E-state index in [9.17, 15) is 4.79 Å². The summed E-state index contributed by atoms with van der Waals surface area (Å²) in [5.74, 6) is -0.155. The summed E-state index contributed by atoms with van der Waals surface area (Å²) in [4.78, 5) is 11.2. The number of esters is 1. The first-order valence-electron chi connectivity index (χ1n) is 5.90. The van der Waals surface area contributed by atoms with Crippen LogP contribution in [-0.2, 0) is 9.53 Å². The molecule has 0 saturated carbocycles. The lowest BCUT2D eigenvalue weighted by Gasteiger charge is -2.14.